The molecule has 3 heterocycles. The van der Waals surface area contributed by atoms with E-state index in [2.05, 4.69) is 30.1 Å². The fourth-order valence-corrected chi connectivity index (χ4v) is 4.25. The highest BCUT2D eigenvalue weighted by molar-refractivity contribution is 6.02. The number of amides is 1. The number of carbonyl (C=O) groups excluding carboxylic acids is 2. The normalized spacial score (nSPS) is 18.5. The van der Waals surface area contributed by atoms with Crippen molar-refractivity contribution < 1.29 is 9.59 Å². The standard InChI is InChI=1S/C22H28N6O3/c1-22(2)13-17-15(18(29)14-22)12-16(20(31)26-17)19(30)23-6-7-27-8-10-28(11-9-27)21-24-4-3-5-25-21/h3-5,12H,6-11,13-14H2,1-2H3,(H,23,30)(H,26,31). The molecule has 1 aliphatic carbocycles. The van der Waals surface area contributed by atoms with Gasteiger partial charge in [0.25, 0.3) is 11.5 Å². The summed E-state index contributed by atoms with van der Waals surface area (Å²) < 4.78 is 0. The maximum absolute atomic E-state index is 12.6. The summed E-state index contributed by atoms with van der Waals surface area (Å²) >= 11 is 0. The molecular weight excluding hydrogens is 396 g/mol. The molecule has 1 saturated heterocycles. The molecule has 1 fully saturated rings. The molecule has 9 heteroatoms. The topological polar surface area (TPSA) is 111 Å². The van der Waals surface area contributed by atoms with Crippen LogP contribution < -0.4 is 15.8 Å². The number of H-pyrrole nitrogens is 1. The summed E-state index contributed by atoms with van der Waals surface area (Å²) in [6.45, 7) is 8.44. The third-order valence-corrected chi connectivity index (χ3v) is 5.88. The van der Waals surface area contributed by atoms with Gasteiger partial charge < -0.3 is 15.2 Å². The molecule has 164 valence electrons. The zero-order chi connectivity index (χ0) is 22.0. The Hall–Kier alpha value is -3.07. The van der Waals surface area contributed by atoms with Crippen LogP contribution in [0.15, 0.2) is 29.3 Å². The molecule has 2 N–H and O–H groups in total. The average molecular weight is 425 g/mol. The Kier molecular flexibility index (Phi) is 5.86. The second kappa shape index (κ2) is 8.58. The van der Waals surface area contributed by atoms with Crippen molar-refractivity contribution in [2.45, 2.75) is 26.7 Å². The van der Waals surface area contributed by atoms with Gasteiger partial charge in [-0.2, -0.15) is 0 Å². The Morgan fingerprint density at radius 1 is 1.13 bits per heavy atom. The molecule has 4 rings (SSSR count). The van der Waals surface area contributed by atoms with Gasteiger partial charge in [0.15, 0.2) is 5.78 Å². The minimum absolute atomic E-state index is 0.00199. The van der Waals surface area contributed by atoms with Crippen LogP contribution >= 0.6 is 0 Å². The first-order valence-corrected chi connectivity index (χ1v) is 10.6. The highest BCUT2D eigenvalue weighted by Crippen LogP contribution is 2.33. The lowest BCUT2D eigenvalue weighted by atomic mass is 9.75. The lowest BCUT2D eigenvalue weighted by molar-refractivity contribution is 0.0910. The van der Waals surface area contributed by atoms with E-state index in [-0.39, 0.29) is 16.8 Å². The number of anilines is 1. The zero-order valence-corrected chi connectivity index (χ0v) is 18.0. The van der Waals surface area contributed by atoms with Crippen LogP contribution in [0.5, 0.6) is 0 Å². The minimum atomic E-state index is -0.446. The first kappa shape index (κ1) is 21.2. The summed E-state index contributed by atoms with van der Waals surface area (Å²) in [5.74, 6) is 0.259. The molecule has 0 radical (unpaired) electrons. The summed E-state index contributed by atoms with van der Waals surface area (Å²) in [7, 11) is 0. The van der Waals surface area contributed by atoms with Crippen molar-refractivity contribution in [1.29, 1.82) is 0 Å². The third kappa shape index (κ3) is 4.82. The minimum Gasteiger partial charge on any atom is -0.351 e. The Bertz CT molecular complexity index is 1030. The lowest BCUT2D eigenvalue weighted by Gasteiger charge is -2.34. The van der Waals surface area contributed by atoms with E-state index in [0.717, 1.165) is 32.1 Å². The number of carbonyl (C=O) groups is 2. The molecule has 2 aliphatic rings. The van der Waals surface area contributed by atoms with Crippen molar-refractivity contribution >= 4 is 17.6 Å². The first-order valence-electron chi connectivity index (χ1n) is 10.6. The molecule has 9 nitrogen and oxygen atoms in total. The SMILES string of the molecule is CC1(C)CC(=O)c2cc(C(=O)NCCN3CCN(c4ncccn4)CC3)c(=O)[nH]c2C1. The van der Waals surface area contributed by atoms with Gasteiger partial charge in [-0.1, -0.05) is 13.8 Å². The Labute approximate surface area is 180 Å². The Balaban J connectivity index is 1.30. The fourth-order valence-electron chi connectivity index (χ4n) is 4.25. The van der Waals surface area contributed by atoms with Crippen molar-refractivity contribution in [1.82, 2.24) is 25.2 Å². The van der Waals surface area contributed by atoms with Gasteiger partial charge in [0, 0.05) is 69.3 Å². The Morgan fingerprint density at radius 3 is 2.55 bits per heavy atom. The number of hydrogen-bond acceptors (Lipinski definition) is 7. The molecule has 0 spiro atoms. The summed E-state index contributed by atoms with van der Waals surface area (Å²) in [6, 6.07) is 3.26. The second-order valence-electron chi connectivity index (χ2n) is 8.98. The summed E-state index contributed by atoms with van der Waals surface area (Å²) in [4.78, 5) is 53.2. The number of aromatic nitrogens is 3. The fraction of sp³-hybridized carbons (Fsp3) is 0.500. The van der Waals surface area contributed by atoms with Crippen LogP contribution in [0.1, 0.15) is 46.7 Å². The molecule has 1 aliphatic heterocycles. The van der Waals surface area contributed by atoms with Gasteiger partial charge in [-0.05, 0) is 24.0 Å². The van der Waals surface area contributed by atoms with Gasteiger partial charge in [-0.15, -0.1) is 0 Å². The largest absolute Gasteiger partial charge is 0.351 e. The maximum Gasteiger partial charge on any atom is 0.261 e. The van der Waals surface area contributed by atoms with Gasteiger partial charge in [0.05, 0.1) is 0 Å². The quantitative estimate of drug-likeness (QED) is 0.733. The number of aromatic amines is 1. The highest BCUT2D eigenvalue weighted by Gasteiger charge is 2.32. The van der Waals surface area contributed by atoms with Gasteiger partial charge in [-0.25, -0.2) is 9.97 Å². The number of hydrogen-bond donors (Lipinski definition) is 2. The molecule has 1 amide bonds. The number of nitrogens with one attached hydrogen (secondary N) is 2. The number of nitrogens with zero attached hydrogens (tertiary/aromatic N) is 4. The lowest BCUT2D eigenvalue weighted by Crippen LogP contribution is -2.49. The van der Waals surface area contributed by atoms with Crippen LogP contribution in [0, 0.1) is 5.41 Å². The van der Waals surface area contributed by atoms with Crippen LogP contribution in [0.4, 0.5) is 5.95 Å². The van der Waals surface area contributed by atoms with Gasteiger partial charge in [0.1, 0.15) is 5.56 Å². The van der Waals surface area contributed by atoms with Crippen LogP contribution in [0.25, 0.3) is 0 Å². The average Bonchev–Trinajstić information content (AvgIpc) is 2.73. The van der Waals surface area contributed by atoms with Gasteiger partial charge in [0.2, 0.25) is 5.95 Å². The van der Waals surface area contributed by atoms with Crippen molar-refractivity contribution in [3.63, 3.8) is 0 Å². The number of pyridine rings is 1. The highest BCUT2D eigenvalue weighted by atomic mass is 16.2. The van der Waals surface area contributed by atoms with E-state index in [1.165, 1.54) is 6.07 Å². The molecule has 0 bridgehead atoms. The smallest absolute Gasteiger partial charge is 0.261 e. The van der Waals surface area contributed by atoms with Crippen molar-refractivity contribution in [2.24, 2.45) is 5.41 Å². The van der Waals surface area contributed by atoms with E-state index in [1.54, 1.807) is 18.5 Å². The van der Waals surface area contributed by atoms with Gasteiger partial charge >= 0.3 is 0 Å². The van der Waals surface area contributed by atoms with E-state index in [9.17, 15) is 14.4 Å². The van der Waals surface area contributed by atoms with Gasteiger partial charge in [-0.3, -0.25) is 19.3 Å². The van der Waals surface area contributed by atoms with Crippen molar-refractivity contribution in [2.75, 3.05) is 44.2 Å². The molecular formula is C22H28N6O3. The Morgan fingerprint density at radius 2 is 1.84 bits per heavy atom. The molecule has 0 atom stereocenters. The van der Waals surface area contributed by atoms with Crippen LogP contribution in [-0.4, -0.2) is 70.8 Å². The predicted molar refractivity (Wildman–Crippen MR) is 117 cm³/mol. The number of Topliss-reactive ketones (excluding diaryl/α,β-unsaturated/α-hetero) is 1. The van der Waals surface area contributed by atoms with Crippen LogP contribution in [-0.2, 0) is 6.42 Å². The monoisotopic (exact) mass is 424 g/mol. The number of rotatable bonds is 5. The van der Waals surface area contributed by atoms with Crippen molar-refractivity contribution in [3.8, 4) is 0 Å². The molecule has 2 aromatic rings. The summed E-state index contributed by atoms with van der Waals surface area (Å²) in [6.07, 6.45) is 4.50. The molecule has 0 saturated carbocycles. The number of fused-ring (bicyclic) bond motifs is 1. The molecule has 31 heavy (non-hydrogen) atoms. The van der Waals surface area contributed by atoms with E-state index in [0.29, 0.717) is 37.2 Å². The number of ketones is 1. The molecule has 0 aromatic carbocycles. The van der Waals surface area contributed by atoms with Crippen LogP contribution in [0.2, 0.25) is 0 Å². The molecule has 0 unspecified atom stereocenters. The predicted octanol–water partition coefficient (Wildman–Crippen LogP) is 0.872. The van der Waals surface area contributed by atoms with E-state index < -0.39 is 11.5 Å². The van der Waals surface area contributed by atoms with Crippen LogP contribution in [0.3, 0.4) is 0 Å². The second-order valence-corrected chi connectivity index (χ2v) is 8.98. The van der Waals surface area contributed by atoms with E-state index >= 15 is 0 Å². The maximum atomic E-state index is 12.6. The third-order valence-electron chi connectivity index (χ3n) is 5.88. The first-order chi connectivity index (χ1) is 14.8. The van der Waals surface area contributed by atoms with Crippen molar-refractivity contribution in [3.05, 3.63) is 51.7 Å². The number of piperazine rings is 1. The summed E-state index contributed by atoms with van der Waals surface area (Å²) in [5.41, 5.74) is 0.454. The van der Waals surface area contributed by atoms with E-state index in [4.69, 9.17) is 0 Å². The summed E-state index contributed by atoms with van der Waals surface area (Å²) in [5, 5.41) is 2.82. The molecule has 2 aromatic heterocycles. The van der Waals surface area contributed by atoms with E-state index in [1.807, 2.05) is 13.8 Å². The zero-order valence-electron chi connectivity index (χ0n) is 18.0.